The van der Waals surface area contributed by atoms with E-state index < -0.39 is 28.7 Å². The molecule has 1 aliphatic rings. The monoisotopic (exact) mass is 436 g/mol. The van der Waals surface area contributed by atoms with Crippen molar-refractivity contribution in [2.45, 2.75) is 85.5 Å². The number of esters is 3. The minimum absolute atomic E-state index is 0.0789. The molecule has 0 aromatic heterocycles. The number of carbonyl (C=O) groups excluding carboxylic acids is 3. The fourth-order valence-electron chi connectivity index (χ4n) is 2.29. The van der Waals surface area contributed by atoms with Crippen LogP contribution in [0.4, 0.5) is 0 Å². The van der Waals surface area contributed by atoms with E-state index in [1.54, 1.807) is 6.92 Å². The van der Waals surface area contributed by atoms with Crippen molar-refractivity contribution in [3.63, 3.8) is 0 Å². The summed E-state index contributed by atoms with van der Waals surface area (Å²) in [7, 11) is 1.33. The number of carbonyl (C=O) groups is 3. The third kappa shape index (κ3) is 8.51. The molecular weight excluding hydrogens is 400 g/mol. The van der Waals surface area contributed by atoms with Gasteiger partial charge in [0.25, 0.3) is 0 Å². The molecule has 1 saturated heterocycles. The molecule has 1 aliphatic heterocycles. The van der Waals surface area contributed by atoms with E-state index in [1.807, 2.05) is 41.5 Å². The summed E-state index contributed by atoms with van der Waals surface area (Å²) in [4.78, 5) is 33.2. The summed E-state index contributed by atoms with van der Waals surface area (Å²) in [5.74, 6) is -0.769. The van der Waals surface area contributed by atoms with Gasteiger partial charge in [-0.1, -0.05) is 27.7 Å². The second-order valence-corrected chi connectivity index (χ2v) is 9.13. The van der Waals surface area contributed by atoms with E-state index >= 15 is 0 Å². The van der Waals surface area contributed by atoms with Crippen molar-refractivity contribution >= 4 is 29.5 Å². The van der Waals surface area contributed by atoms with Gasteiger partial charge in [-0.05, 0) is 39.5 Å². The lowest BCUT2D eigenvalue weighted by Crippen LogP contribution is -2.49. The van der Waals surface area contributed by atoms with Crippen LogP contribution in [0, 0.1) is 17.3 Å². The van der Waals surface area contributed by atoms with Gasteiger partial charge in [0.15, 0.2) is 6.10 Å². The summed E-state index contributed by atoms with van der Waals surface area (Å²) >= 11 is 5.70. The van der Waals surface area contributed by atoms with Gasteiger partial charge in [0.1, 0.15) is 4.87 Å². The van der Waals surface area contributed by atoms with Crippen LogP contribution in [-0.4, -0.2) is 48.9 Å². The molecular formula is C21H37ClO7. The molecule has 29 heavy (non-hydrogen) atoms. The van der Waals surface area contributed by atoms with E-state index in [-0.39, 0.29) is 23.8 Å². The average Bonchev–Trinajstić information content (AvgIpc) is 2.66. The minimum Gasteiger partial charge on any atom is -0.468 e. The highest BCUT2D eigenvalue weighted by Crippen LogP contribution is 2.31. The zero-order valence-corrected chi connectivity index (χ0v) is 19.9. The third-order valence-electron chi connectivity index (χ3n) is 5.44. The first kappa shape index (κ1) is 27.7. The predicted octanol–water partition coefficient (Wildman–Crippen LogP) is 4.09. The molecule has 170 valence electrons. The van der Waals surface area contributed by atoms with Crippen molar-refractivity contribution in [1.82, 2.24) is 0 Å². The molecule has 0 radical (unpaired) electrons. The Bertz CT molecular complexity index is 559. The number of halogens is 1. The summed E-state index contributed by atoms with van der Waals surface area (Å²) in [5.41, 5.74) is -0.573. The lowest BCUT2D eigenvalue weighted by Gasteiger charge is -2.39. The maximum atomic E-state index is 12.1. The van der Waals surface area contributed by atoms with Gasteiger partial charge >= 0.3 is 17.9 Å². The minimum atomic E-state index is -0.839. The van der Waals surface area contributed by atoms with Crippen molar-refractivity contribution < 1.29 is 33.3 Å². The Balaban J connectivity index is 0.000000734. The van der Waals surface area contributed by atoms with Gasteiger partial charge in [-0.15, -0.1) is 11.6 Å². The molecule has 0 bridgehead atoms. The summed E-state index contributed by atoms with van der Waals surface area (Å²) in [6, 6.07) is 0. The molecule has 0 saturated carbocycles. The van der Waals surface area contributed by atoms with E-state index in [0.29, 0.717) is 19.4 Å². The number of alkyl halides is 1. The first-order chi connectivity index (χ1) is 13.2. The van der Waals surface area contributed by atoms with Crippen molar-refractivity contribution in [3.05, 3.63) is 0 Å². The van der Waals surface area contributed by atoms with Crippen molar-refractivity contribution in [3.8, 4) is 0 Å². The number of ether oxygens (including phenoxy) is 4. The van der Waals surface area contributed by atoms with Crippen LogP contribution in [-0.2, 0) is 33.3 Å². The highest BCUT2D eigenvalue weighted by molar-refractivity contribution is 6.33. The van der Waals surface area contributed by atoms with Gasteiger partial charge in [-0.3, -0.25) is 14.4 Å². The Hall–Kier alpha value is -1.34. The topological polar surface area (TPSA) is 88.1 Å². The Labute approximate surface area is 179 Å². The van der Waals surface area contributed by atoms with E-state index in [4.69, 9.17) is 25.8 Å². The Kier molecular flexibility index (Phi) is 11.2. The zero-order chi connectivity index (χ0) is 23.0. The summed E-state index contributed by atoms with van der Waals surface area (Å²) in [6.07, 6.45) is -0.111. The molecule has 1 heterocycles. The van der Waals surface area contributed by atoms with Gasteiger partial charge in [0, 0.05) is 12.8 Å². The normalized spacial score (nSPS) is 26.3. The Morgan fingerprint density at radius 1 is 1.03 bits per heavy atom. The van der Waals surface area contributed by atoms with Crippen LogP contribution in [0.2, 0.25) is 0 Å². The fourth-order valence-corrected chi connectivity index (χ4v) is 2.36. The zero-order valence-electron chi connectivity index (χ0n) is 19.2. The molecule has 5 atom stereocenters. The second kappa shape index (κ2) is 11.7. The lowest BCUT2D eigenvalue weighted by atomic mass is 9.88. The highest BCUT2D eigenvalue weighted by Gasteiger charge is 2.42. The molecule has 5 unspecified atom stereocenters. The van der Waals surface area contributed by atoms with Crippen LogP contribution in [0.5, 0.6) is 0 Å². The van der Waals surface area contributed by atoms with Crippen LogP contribution in [0.1, 0.15) is 68.2 Å². The molecule has 8 heteroatoms. The molecule has 0 amide bonds. The average molecular weight is 437 g/mol. The van der Waals surface area contributed by atoms with E-state index in [0.717, 1.165) is 0 Å². The van der Waals surface area contributed by atoms with Gasteiger partial charge in [0.2, 0.25) is 6.29 Å². The molecule has 0 aromatic rings. The van der Waals surface area contributed by atoms with E-state index in [2.05, 4.69) is 4.74 Å². The maximum Gasteiger partial charge on any atom is 0.326 e. The molecule has 1 fully saturated rings. The Morgan fingerprint density at radius 3 is 1.97 bits per heavy atom. The first-order valence-corrected chi connectivity index (χ1v) is 10.4. The van der Waals surface area contributed by atoms with Crippen molar-refractivity contribution in [1.29, 1.82) is 0 Å². The molecule has 0 aromatic carbocycles. The van der Waals surface area contributed by atoms with E-state index in [1.165, 1.54) is 14.0 Å². The summed E-state index contributed by atoms with van der Waals surface area (Å²) < 4.78 is 20.7. The third-order valence-corrected chi connectivity index (χ3v) is 5.87. The van der Waals surface area contributed by atoms with Crippen molar-refractivity contribution in [2.75, 3.05) is 13.7 Å². The van der Waals surface area contributed by atoms with Crippen LogP contribution in [0.3, 0.4) is 0 Å². The van der Waals surface area contributed by atoms with Gasteiger partial charge in [-0.2, -0.15) is 0 Å². The maximum absolute atomic E-state index is 12.1. The fraction of sp³-hybridized carbons (Fsp3) is 0.857. The molecule has 1 rings (SSSR count). The van der Waals surface area contributed by atoms with Crippen LogP contribution < -0.4 is 0 Å². The number of rotatable bonds is 6. The number of hydrogen-bond donors (Lipinski definition) is 0. The van der Waals surface area contributed by atoms with E-state index in [9.17, 15) is 14.4 Å². The molecule has 0 spiro atoms. The van der Waals surface area contributed by atoms with Gasteiger partial charge in [0.05, 0.1) is 19.1 Å². The van der Waals surface area contributed by atoms with Crippen molar-refractivity contribution in [2.24, 2.45) is 17.3 Å². The number of methoxy groups -OCH3 is 1. The van der Waals surface area contributed by atoms with Crippen LogP contribution in [0.15, 0.2) is 0 Å². The number of hydrogen-bond acceptors (Lipinski definition) is 7. The second-order valence-electron chi connectivity index (χ2n) is 8.30. The van der Waals surface area contributed by atoms with Crippen LogP contribution in [0.25, 0.3) is 0 Å². The highest BCUT2D eigenvalue weighted by atomic mass is 35.5. The largest absolute Gasteiger partial charge is 0.468 e. The first-order valence-electron chi connectivity index (χ1n) is 10.0. The SMILES string of the molecule is CCC(C)(C)C(=O)OC1OCC(C)C(C)C1OC(C)=O.CCC(C)(Cl)C(=O)OC. The molecule has 7 nitrogen and oxygen atoms in total. The lowest BCUT2D eigenvalue weighted by molar-refractivity contribution is -0.249. The quantitative estimate of drug-likeness (QED) is 0.352. The molecule has 0 N–H and O–H groups in total. The summed E-state index contributed by atoms with van der Waals surface area (Å²) in [5, 5.41) is 0. The summed E-state index contributed by atoms with van der Waals surface area (Å²) in [6.45, 7) is 14.9. The smallest absolute Gasteiger partial charge is 0.326 e. The predicted molar refractivity (Wildman–Crippen MR) is 110 cm³/mol. The van der Waals surface area contributed by atoms with Gasteiger partial charge in [-0.25, -0.2) is 0 Å². The Morgan fingerprint density at radius 2 is 1.59 bits per heavy atom. The van der Waals surface area contributed by atoms with Gasteiger partial charge < -0.3 is 18.9 Å². The standard InChI is InChI=1S/C15H26O5.C6H11ClO2/c1-7-15(5,6)14(17)20-13-12(19-11(4)16)10(3)9(2)8-18-13;1-4-6(2,7)5(8)9-3/h9-10,12-13H,7-8H2,1-6H3;4H2,1-3H3. The molecule has 0 aliphatic carbocycles. The van der Waals surface area contributed by atoms with Crippen LogP contribution >= 0.6 is 11.6 Å².